The molecular formula is C12H20N2O3. The van der Waals surface area contributed by atoms with E-state index in [-0.39, 0.29) is 11.8 Å². The normalized spacial score (nSPS) is 22.4. The molecule has 0 aromatic heterocycles. The highest BCUT2D eigenvalue weighted by atomic mass is 16.4. The summed E-state index contributed by atoms with van der Waals surface area (Å²) in [6.07, 6.45) is 4.67. The van der Waals surface area contributed by atoms with Crippen molar-refractivity contribution in [3.05, 3.63) is 0 Å². The zero-order chi connectivity index (χ0) is 12.3. The molecule has 1 unspecified atom stereocenters. The second kappa shape index (κ2) is 5.49. The molecular weight excluding hydrogens is 220 g/mol. The number of nitrogens with one attached hydrogen (secondary N) is 1. The van der Waals surface area contributed by atoms with E-state index in [4.69, 9.17) is 5.11 Å². The third kappa shape index (κ3) is 3.70. The van der Waals surface area contributed by atoms with E-state index in [2.05, 4.69) is 10.2 Å². The molecule has 1 aliphatic carbocycles. The molecule has 2 rings (SSSR count). The zero-order valence-electron chi connectivity index (χ0n) is 10.0. The molecule has 0 radical (unpaired) electrons. The van der Waals surface area contributed by atoms with Gasteiger partial charge in [-0.25, -0.2) is 4.79 Å². The van der Waals surface area contributed by atoms with E-state index in [0.29, 0.717) is 6.42 Å². The van der Waals surface area contributed by atoms with Crippen LogP contribution in [0.25, 0.3) is 0 Å². The van der Waals surface area contributed by atoms with Gasteiger partial charge in [0.25, 0.3) is 0 Å². The van der Waals surface area contributed by atoms with Crippen molar-refractivity contribution in [1.29, 1.82) is 0 Å². The lowest BCUT2D eigenvalue weighted by atomic mass is 10.2. The van der Waals surface area contributed by atoms with Crippen LogP contribution >= 0.6 is 0 Å². The maximum atomic E-state index is 11.6. The lowest BCUT2D eigenvalue weighted by Crippen LogP contribution is -2.43. The van der Waals surface area contributed by atoms with Gasteiger partial charge in [0, 0.05) is 13.0 Å². The molecule has 2 fully saturated rings. The smallest absolute Gasteiger partial charge is 0.326 e. The zero-order valence-corrected chi connectivity index (χ0v) is 10.0. The van der Waals surface area contributed by atoms with Crippen LogP contribution in [-0.4, -0.2) is 47.6 Å². The fraction of sp³-hybridized carbons (Fsp3) is 0.833. The van der Waals surface area contributed by atoms with Crippen molar-refractivity contribution in [3.8, 4) is 0 Å². The van der Waals surface area contributed by atoms with Gasteiger partial charge >= 0.3 is 5.97 Å². The van der Waals surface area contributed by atoms with Crippen molar-refractivity contribution in [2.24, 2.45) is 5.92 Å². The van der Waals surface area contributed by atoms with Crippen LogP contribution in [0, 0.1) is 5.92 Å². The summed E-state index contributed by atoms with van der Waals surface area (Å²) in [6.45, 7) is 2.89. The van der Waals surface area contributed by atoms with E-state index in [0.717, 1.165) is 32.5 Å². The van der Waals surface area contributed by atoms with E-state index in [1.807, 2.05) is 0 Å². The summed E-state index contributed by atoms with van der Waals surface area (Å²) in [5.74, 6) is -0.874. The predicted molar refractivity (Wildman–Crippen MR) is 62.6 cm³/mol. The second-order valence-electron chi connectivity index (χ2n) is 5.02. The average Bonchev–Trinajstić information content (AvgIpc) is 2.99. The average molecular weight is 240 g/mol. The molecule has 1 atom stereocenters. The van der Waals surface area contributed by atoms with Gasteiger partial charge in [-0.05, 0) is 44.7 Å². The number of carboxylic acid groups (broad SMARTS) is 1. The Kier molecular flexibility index (Phi) is 3.99. The molecule has 0 bridgehead atoms. The van der Waals surface area contributed by atoms with E-state index in [9.17, 15) is 9.59 Å². The van der Waals surface area contributed by atoms with Gasteiger partial charge in [-0.3, -0.25) is 4.79 Å². The Morgan fingerprint density at radius 1 is 1.29 bits per heavy atom. The largest absolute Gasteiger partial charge is 0.480 e. The number of nitrogens with zero attached hydrogens (tertiary/aromatic N) is 1. The Morgan fingerprint density at radius 2 is 1.94 bits per heavy atom. The molecule has 1 aliphatic heterocycles. The highest BCUT2D eigenvalue weighted by Gasteiger charge is 2.37. The number of carbonyl (C=O) groups is 2. The van der Waals surface area contributed by atoms with E-state index >= 15 is 0 Å². The SMILES string of the molecule is O=C(CCN1CCCC1)NC(C(=O)O)C1CC1. The van der Waals surface area contributed by atoms with Gasteiger partial charge in [0.05, 0.1) is 0 Å². The van der Waals surface area contributed by atoms with Crippen LogP contribution in [0.15, 0.2) is 0 Å². The van der Waals surface area contributed by atoms with Gasteiger partial charge < -0.3 is 15.3 Å². The van der Waals surface area contributed by atoms with Gasteiger partial charge in [0.2, 0.25) is 5.91 Å². The van der Waals surface area contributed by atoms with Crippen LogP contribution < -0.4 is 5.32 Å². The van der Waals surface area contributed by atoms with Gasteiger partial charge in [-0.15, -0.1) is 0 Å². The molecule has 0 spiro atoms. The summed E-state index contributed by atoms with van der Waals surface area (Å²) >= 11 is 0. The predicted octanol–water partition coefficient (Wildman–Crippen LogP) is 0.452. The fourth-order valence-electron chi connectivity index (χ4n) is 2.32. The lowest BCUT2D eigenvalue weighted by Gasteiger charge is -2.16. The first-order valence-electron chi connectivity index (χ1n) is 6.41. The van der Waals surface area contributed by atoms with Gasteiger partial charge in [0.15, 0.2) is 0 Å². The summed E-state index contributed by atoms with van der Waals surface area (Å²) in [5.41, 5.74) is 0. The molecule has 1 heterocycles. The van der Waals surface area contributed by atoms with Crippen molar-refractivity contribution < 1.29 is 14.7 Å². The number of rotatable bonds is 6. The van der Waals surface area contributed by atoms with Crippen LogP contribution in [0.5, 0.6) is 0 Å². The van der Waals surface area contributed by atoms with Crippen LogP contribution in [-0.2, 0) is 9.59 Å². The fourth-order valence-corrected chi connectivity index (χ4v) is 2.32. The van der Waals surface area contributed by atoms with Crippen molar-refractivity contribution in [2.45, 2.75) is 38.1 Å². The quantitative estimate of drug-likeness (QED) is 0.707. The van der Waals surface area contributed by atoms with E-state index < -0.39 is 12.0 Å². The number of likely N-dealkylation sites (tertiary alicyclic amines) is 1. The van der Waals surface area contributed by atoms with Crippen molar-refractivity contribution in [2.75, 3.05) is 19.6 Å². The van der Waals surface area contributed by atoms with E-state index in [1.54, 1.807) is 0 Å². The maximum Gasteiger partial charge on any atom is 0.326 e. The molecule has 17 heavy (non-hydrogen) atoms. The summed E-state index contributed by atoms with van der Waals surface area (Å²) in [4.78, 5) is 24.9. The van der Waals surface area contributed by atoms with Gasteiger partial charge in [-0.2, -0.15) is 0 Å². The molecule has 0 aromatic rings. The molecule has 2 N–H and O–H groups in total. The lowest BCUT2D eigenvalue weighted by molar-refractivity contribution is -0.142. The number of aliphatic carboxylic acids is 1. The van der Waals surface area contributed by atoms with Crippen molar-refractivity contribution >= 4 is 11.9 Å². The molecule has 1 amide bonds. The molecule has 1 saturated heterocycles. The Labute approximate surface area is 101 Å². The summed E-state index contributed by atoms with van der Waals surface area (Å²) in [6, 6.07) is -0.666. The van der Waals surface area contributed by atoms with Crippen molar-refractivity contribution in [3.63, 3.8) is 0 Å². The first-order chi connectivity index (χ1) is 8.16. The topological polar surface area (TPSA) is 69.6 Å². The molecule has 5 heteroatoms. The summed E-state index contributed by atoms with van der Waals surface area (Å²) in [7, 11) is 0. The Hall–Kier alpha value is -1.10. The summed E-state index contributed by atoms with van der Waals surface area (Å²) in [5, 5.41) is 11.6. The summed E-state index contributed by atoms with van der Waals surface area (Å²) < 4.78 is 0. The third-order valence-electron chi connectivity index (χ3n) is 3.53. The maximum absolute atomic E-state index is 11.6. The first kappa shape index (κ1) is 12.4. The van der Waals surface area contributed by atoms with Crippen LogP contribution in [0.1, 0.15) is 32.1 Å². The number of hydrogen-bond acceptors (Lipinski definition) is 3. The molecule has 96 valence electrons. The molecule has 5 nitrogen and oxygen atoms in total. The molecule has 0 aromatic carbocycles. The van der Waals surface area contributed by atoms with Gasteiger partial charge in [-0.1, -0.05) is 0 Å². The minimum absolute atomic E-state index is 0.129. The highest BCUT2D eigenvalue weighted by molar-refractivity contribution is 5.84. The van der Waals surface area contributed by atoms with Crippen LogP contribution in [0.2, 0.25) is 0 Å². The number of carbonyl (C=O) groups excluding carboxylic acids is 1. The van der Waals surface area contributed by atoms with Crippen molar-refractivity contribution in [1.82, 2.24) is 10.2 Å². The Bertz CT molecular complexity index is 296. The Morgan fingerprint density at radius 3 is 2.47 bits per heavy atom. The first-order valence-corrected chi connectivity index (χ1v) is 6.41. The third-order valence-corrected chi connectivity index (χ3v) is 3.53. The van der Waals surface area contributed by atoms with Crippen LogP contribution in [0.4, 0.5) is 0 Å². The number of hydrogen-bond donors (Lipinski definition) is 2. The highest BCUT2D eigenvalue weighted by Crippen LogP contribution is 2.32. The second-order valence-corrected chi connectivity index (χ2v) is 5.02. The molecule has 1 saturated carbocycles. The molecule has 2 aliphatic rings. The minimum atomic E-state index is -0.901. The minimum Gasteiger partial charge on any atom is -0.480 e. The number of amides is 1. The van der Waals surface area contributed by atoms with Crippen LogP contribution in [0.3, 0.4) is 0 Å². The standard InChI is InChI=1S/C12H20N2O3/c15-10(5-8-14-6-1-2-7-14)13-11(12(16)17)9-3-4-9/h9,11H,1-8H2,(H,13,15)(H,16,17). The number of carboxylic acids is 1. The Balaban J connectivity index is 1.69. The van der Waals surface area contributed by atoms with Gasteiger partial charge in [0.1, 0.15) is 6.04 Å². The van der Waals surface area contributed by atoms with E-state index in [1.165, 1.54) is 12.8 Å². The monoisotopic (exact) mass is 240 g/mol.